The molecule has 2 N–H and O–H groups in total. The van der Waals surface area contributed by atoms with Crippen LogP contribution in [-0.4, -0.2) is 59.7 Å². The van der Waals surface area contributed by atoms with E-state index in [1.54, 1.807) is 24.3 Å². The van der Waals surface area contributed by atoms with E-state index >= 15 is 0 Å². The molecule has 1 aliphatic rings. The minimum absolute atomic E-state index is 0.0114. The van der Waals surface area contributed by atoms with Crippen LogP contribution < -0.4 is 10.6 Å². The van der Waals surface area contributed by atoms with Gasteiger partial charge in [0.25, 0.3) is 23.6 Å². The molecule has 43 heavy (non-hydrogen) atoms. The summed E-state index contributed by atoms with van der Waals surface area (Å²) in [5.41, 5.74) is 3.12. The maximum Gasteiger partial charge on any atom is 0.338 e. The number of fused-ring (bicyclic) bond motifs is 1. The molecule has 4 rings (SSSR count). The molecule has 0 aliphatic carbocycles. The number of hydrogen-bond donors (Lipinski definition) is 2. The van der Waals surface area contributed by atoms with Crippen LogP contribution in [0.3, 0.4) is 0 Å². The van der Waals surface area contributed by atoms with Crippen LogP contribution in [-0.2, 0) is 36.7 Å². The zero-order valence-electron chi connectivity index (χ0n) is 24.0. The topological polar surface area (TPSA) is 148 Å². The van der Waals surface area contributed by atoms with E-state index in [-0.39, 0.29) is 16.7 Å². The summed E-state index contributed by atoms with van der Waals surface area (Å²) in [5.74, 6) is -4.53. The number of carbonyl (C=O) groups is 6. The molecule has 0 spiro atoms. The Bertz CT molecular complexity index is 1560. The standard InChI is InChI=1S/C32H31N3O8/c1-4-20-6-11-23(12-7-20)33-27(36)17-42-31(40)19(3)35-29(38)25-15-10-22(16-26(25)30(35)39)32(41)43-18-28(37)34-24-13-8-21(5-2)9-14-24/h6-16,19H,4-5,17-18H2,1-3H3,(H,33,36)(H,34,37)/t19-/m1/s1. The van der Waals surface area contributed by atoms with Gasteiger partial charge in [-0.1, -0.05) is 38.1 Å². The first kappa shape index (κ1) is 30.6. The molecule has 4 amide bonds. The van der Waals surface area contributed by atoms with Crippen molar-refractivity contribution in [1.82, 2.24) is 4.90 Å². The van der Waals surface area contributed by atoms with Crippen LogP contribution in [0.2, 0.25) is 0 Å². The summed E-state index contributed by atoms with van der Waals surface area (Å²) >= 11 is 0. The fraction of sp³-hybridized carbons (Fsp3) is 0.250. The van der Waals surface area contributed by atoms with E-state index in [2.05, 4.69) is 10.6 Å². The number of carbonyl (C=O) groups excluding carboxylic acids is 6. The molecule has 11 nitrogen and oxygen atoms in total. The quantitative estimate of drug-likeness (QED) is 0.255. The van der Waals surface area contributed by atoms with Gasteiger partial charge in [-0.05, 0) is 73.4 Å². The lowest BCUT2D eigenvalue weighted by molar-refractivity contribution is -0.150. The predicted molar refractivity (Wildman–Crippen MR) is 157 cm³/mol. The highest BCUT2D eigenvalue weighted by molar-refractivity contribution is 6.23. The van der Waals surface area contributed by atoms with Gasteiger partial charge in [0, 0.05) is 11.4 Å². The van der Waals surface area contributed by atoms with E-state index < -0.39 is 54.8 Å². The second-order valence-electron chi connectivity index (χ2n) is 9.80. The lowest BCUT2D eigenvalue weighted by Crippen LogP contribution is -2.44. The molecule has 0 saturated heterocycles. The van der Waals surface area contributed by atoms with Crippen molar-refractivity contribution in [3.05, 3.63) is 94.5 Å². The van der Waals surface area contributed by atoms with Crippen molar-refractivity contribution in [2.24, 2.45) is 0 Å². The van der Waals surface area contributed by atoms with E-state index in [1.165, 1.54) is 25.1 Å². The number of nitrogens with one attached hydrogen (secondary N) is 2. The Morgan fingerprint density at radius 3 is 1.70 bits per heavy atom. The van der Waals surface area contributed by atoms with E-state index in [9.17, 15) is 28.8 Å². The summed E-state index contributed by atoms with van der Waals surface area (Å²) in [5, 5.41) is 5.23. The molecule has 0 aromatic heterocycles. The average molecular weight is 586 g/mol. The number of anilines is 2. The first-order valence-corrected chi connectivity index (χ1v) is 13.7. The van der Waals surface area contributed by atoms with Gasteiger partial charge < -0.3 is 20.1 Å². The molecule has 0 radical (unpaired) electrons. The summed E-state index contributed by atoms with van der Waals surface area (Å²) < 4.78 is 10.1. The normalized spacial score (nSPS) is 12.8. The lowest BCUT2D eigenvalue weighted by Gasteiger charge is -2.20. The smallest absolute Gasteiger partial charge is 0.338 e. The molecule has 11 heteroatoms. The van der Waals surface area contributed by atoms with Crippen molar-refractivity contribution < 1.29 is 38.2 Å². The van der Waals surface area contributed by atoms with Crippen LogP contribution in [0.25, 0.3) is 0 Å². The molecule has 0 unspecified atom stereocenters. The summed E-state index contributed by atoms with van der Waals surface area (Å²) in [4.78, 5) is 76.4. The molecule has 222 valence electrons. The fourth-order valence-electron chi connectivity index (χ4n) is 4.36. The number of esters is 2. The molecule has 1 atom stereocenters. The molecule has 1 heterocycles. The third-order valence-corrected chi connectivity index (χ3v) is 6.85. The average Bonchev–Trinajstić information content (AvgIpc) is 3.27. The van der Waals surface area contributed by atoms with Crippen molar-refractivity contribution in [3.63, 3.8) is 0 Å². The zero-order valence-corrected chi connectivity index (χ0v) is 24.0. The molecule has 3 aromatic rings. The summed E-state index contributed by atoms with van der Waals surface area (Å²) in [6, 6.07) is 16.8. The van der Waals surface area contributed by atoms with Crippen molar-refractivity contribution in [3.8, 4) is 0 Å². The van der Waals surface area contributed by atoms with Gasteiger partial charge in [-0.15, -0.1) is 0 Å². The number of nitrogens with zero attached hydrogens (tertiary/aromatic N) is 1. The Balaban J connectivity index is 1.31. The highest BCUT2D eigenvalue weighted by Crippen LogP contribution is 2.26. The Hall–Kier alpha value is -5.32. The number of rotatable bonds is 11. The number of amides is 4. The van der Waals surface area contributed by atoms with Crippen LogP contribution in [0, 0.1) is 0 Å². The summed E-state index contributed by atoms with van der Waals surface area (Å²) in [6.45, 7) is 4.14. The SMILES string of the molecule is CCc1ccc(NC(=O)COC(=O)c2ccc3c(c2)C(=O)N([C@H](C)C(=O)OCC(=O)Nc2ccc(CC)cc2)C3=O)cc1. The minimum Gasteiger partial charge on any atom is -0.454 e. The number of aryl methyl sites for hydroxylation is 2. The van der Waals surface area contributed by atoms with Crippen LogP contribution in [0.15, 0.2) is 66.7 Å². The Morgan fingerprint density at radius 1 is 0.698 bits per heavy atom. The predicted octanol–water partition coefficient (Wildman–Crippen LogP) is 3.77. The largest absolute Gasteiger partial charge is 0.454 e. The maximum absolute atomic E-state index is 13.1. The van der Waals surface area contributed by atoms with E-state index in [1.807, 2.05) is 38.1 Å². The van der Waals surface area contributed by atoms with Gasteiger partial charge in [0.2, 0.25) is 0 Å². The number of imide groups is 1. The van der Waals surface area contributed by atoms with E-state index in [0.717, 1.165) is 24.0 Å². The number of ether oxygens (including phenoxy) is 2. The molecule has 0 fully saturated rings. The molecule has 3 aromatic carbocycles. The Labute approximate surface area is 248 Å². The Kier molecular flexibility index (Phi) is 9.66. The number of hydrogen-bond acceptors (Lipinski definition) is 8. The third kappa shape index (κ3) is 7.31. The first-order valence-electron chi connectivity index (χ1n) is 13.7. The van der Waals surface area contributed by atoms with Gasteiger partial charge >= 0.3 is 11.9 Å². The molecule has 0 saturated carbocycles. The van der Waals surface area contributed by atoms with Crippen molar-refractivity contribution >= 4 is 46.9 Å². The van der Waals surface area contributed by atoms with Gasteiger partial charge in [0.05, 0.1) is 16.7 Å². The van der Waals surface area contributed by atoms with E-state index in [4.69, 9.17) is 9.47 Å². The van der Waals surface area contributed by atoms with E-state index in [0.29, 0.717) is 16.3 Å². The van der Waals surface area contributed by atoms with Crippen LogP contribution in [0.4, 0.5) is 11.4 Å². The molecular weight excluding hydrogens is 554 g/mol. The second kappa shape index (κ2) is 13.6. The third-order valence-electron chi connectivity index (χ3n) is 6.85. The molecular formula is C32H31N3O8. The first-order chi connectivity index (χ1) is 20.6. The second-order valence-corrected chi connectivity index (χ2v) is 9.80. The number of benzene rings is 3. The van der Waals surface area contributed by atoms with Crippen LogP contribution >= 0.6 is 0 Å². The van der Waals surface area contributed by atoms with Crippen molar-refractivity contribution in [2.75, 3.05) is 23.8 Å². The summed E-state index contributed by atoms with van der Waals surface area (Å²) in [6.07, 6.45) is 1.70. The van der Waals surface area contributed by atoms with Gasteiger partial charge in [0.15, 0.2) is 13.2 Å². The van der Waals surface area contributed by atoms with Gasteiger partial charge in [0.1, 0.15) is 6.04 Å². The lowest BCUT2D eigenvalue weighted by atomic mass is 10.1. The monoisotopic (exact) mass is 585 g/mol. The van der Waals surface area contributed by atoms with Crippen molar-refractivity contribution in [2.45, 2.75) is 39.7 Å². The van der Waals surface area contributed by atoms with Crippen LogP contribution in [0.1, 0.15) is 63.0 Å². The molecule has 1 aliphatic heterocycles. The Morgan fingerprint density at radius 2 is 1.19 bits per heavy atom. The minimum atomic E-state index is -1.34. The van der Waals surface area contributed by atoms with Gasteiger partial charge in [-0.25, -0.2) is 9.59 Å². The molecule has 0 bridgehead atoms. The fourth-order valence-corrected chi connectivity index (χ4v) is 4.36. The summed E-state index contributed by atoms with van der Waals surface area (Å²) in [7, 11) is 0. The van der Waals surface area contributed by atoms with Gasteiger partial charge in [-0.2, -0.15) is 0 Å². The maximum atomic E-state index is 13.1. The van der Waals surface area contributed by atoms with Gasteiger partial charge in [-0.3, -0.25) is 24.1 Å². The van der Waals surface area contributed by atoms with Crippen LogP contribution in [0.5, 0.6) is 0 Å². The van der Waals surface area contributed by atoms with Crippen molar-refractivity contribution in [1.29, 1.82) is 0 Å². The highest BCUT2D eigenvalue weighted by Gasteiger charge is 2.42. The highest BCUT2D eigenvalue weighted by atomic mass is 16.5. The zero-order chi connectivity index (χ0) is 31.1.